The molecule has 130 valence electrons. The molecule has 0 bridgehead atoms. The number of hydrogen-bond acceptors (Lipinski definition) is 6. The highest BCUT2D eigenvalue weighted by Gasteiger charge is 2.17. The Kier molecular flexibility index (Phi) is 5.88. The number of nitrogens with zero attached hydrogens (tertiary/aromatic N) is 2. The summed E-state index contributed by atoms with van der Waals surface area (Å²) >= 11 is 4.48. The third-order valence-corrected chi connectivity index (χ3v) is 6.58. The molecule has 1 aromatic carbocycles. The first-order valence-corrected chi connectivity index (χ1v) is 10.6. The number of thiazole rings is 2. The lowest BCUT2D eigenvalue weighted by Crippen LogP contribution is -2.22. The van der Waals surface area contributed by atoms with Crippen LogP contribution in [-0.2, 0) is 11.2 Å². The van der Waals surface area contributed by atoms with Crippen LogP contribution in [0, 0.1) is 6.92 Å². The summed E-state index contributed by atoms with van der Waals surface area (Å²) < 4.78 is 0.913. The van der Waals surface area contributed by atoms with E-state index < -0.39 is 0 Å². The summed E-state index contributed by atoms with van der Waals surface area (Å²) in [4.78, 5) is 21.3. The molecule has 4 nitrogen and oxygen atoms in total. The first-order valence-electron chi connectivity index (χ1n) is 7.99. The summed E-state index contributed by atoms with van der Waals surface area (Å²) in [6, 6.07) is 8.37. The van der Waals surface area contributed by atoms with Crippen LogP contribution in [0.5, 0.6) is 0 Å². The monoisotopic (exact) mass is 389 g/mol. The van der Waals surface area contributed by atoms with Gasteiger partial charge in [0.05, 0.1) is 10.9 Å². The number of rotatable bonds is 6. The van der Waals surface area contributed by atoms with E-state index >= 15 is 0 Å². The van der Waals surface area contributed by atoms with Gasteiger partial charge in [0.1, 0.15) is 0 Å². The average Bonchev–Trinajstić information content (AvgIpc) is 3.24. The molecular weight excluding hydrogens is 370 g/mol. The van der Waals surface area contributed by atoms with Gasteiger partial charge < -0.3 is 5.32 Å². The number of thioether (sulfide) groups is 1. The van der Waals surface area contributed by atoms with E-state index in [-0.39, 0.29) is 11.2 Å². The van der Waals surface area contributed by atoms with Crippen molar-refractivity contribution in [2.24, 2.45) is 0 Å². The zero-order valence-electron chi connectivity index (χ0n) is 14.3. The molecule has 0 aliphatic rings. The van der Waals surface area contributed by atoms with Crippen molar-refractivity contribution in [1.82, 2.24) is 9.97 Å². The molecule has 3 aromatic rings. The van der Waals surface area contributed by atoms with Crippen LogP contribution >= 0.6 is 34.4 Å². The van der Waals surface area contributed by atoms with Crippen LogP contribution in [0.2, 0.25) is 0 Å². The van der Waals surface area contributed by atoms with Crippen LogP contribution in [0.3, 0.4) is 0 Å². The second kappa shape index (κ2) is 8.12. The SMILES string of the molecule is CCc1ccc(-c2csc(NC(=O)[C@@H](C)Sc3nc(C)cs3)n2)cc1. The Balaban J connectivity index is 1.62. The van der Waals surface area contributed by atoms with E-state index in [2.05, 4.69) is 46.5 Å². The Morgan fingerprint density at radius 1 is 1.20 bits per heavy atom. The molecule has 7 heteroatoms. The predicted molar refractivity (Wildman–Crippen MR) is 108 cm³/mol. The summed E-state index contributed by atoms with van der Waals surface area (Å²) in [6.07, 6.45) is 1.02. The molecule has 0 radical (unpaired) electrons. The van der Waals surface area contributed by atoms with Crippen molar-refractivity contribution in [1.29, 1.82) is 0 Å². The number of carbonyl (C=O) groups is 1. The van der Waals surface area contributed by atoms with Gasteiger partial charge in [-0.25, -0.2) is 9.97 Å². The van der Waals surface area contributed by atoms with Gasteiger partial charge in [-0.3, -0.25) is 4.79 Å². The van der Waals surface area contributed by atoms with Gasteiger partial charge in [0.25, 0.3) is 0 Å². The third kappa shape index (κ3) is 4.68. The maximum atomic E-state index is 12.4. The molecule has 2 aromatic heterocycles. The number of carbonyl (C=O) groups excluding carboxylic acids is 1. The molecule has 2 heterocycles. The van der Waals surface area contributed by atoms with E-state index in [4.69, 9.17) is 0 Å². The van der Waals surface area contributed by atoms with Gasteiger partial charge >= 0.3 is 0 Å². The quantitative estimate of drug-likeness (QED) is 0.585. The van der Waals surface area contributed by atoms with Crippen LogP contribution in [-0.4, -0.2) is 21.1 Å². The van der Waals surface area contributed by atoms with E-state index in [1.54, 1.807) is 11.3 Å². The Labute approximate surface area is 159 Å². The maximum absolute atomic E-state index is 12.4. The molecule has 0 aliphatic heterocycles. The highest BCUT2D eigenvalue weighted by molar-refractivity contribution is 8.02. The van der Waals surface area contributed by atoms with Crippen LogP contribution in [0.15, 0.2) is 39.4 Å². The van der Waals surface area contributed by atoms with Gasteiger partial charge in [0.15, 0.2) is 9.47 Å². The van der Waals surface area contributed by atoms with E-state index in [9.17, 15) is 4.79 Å². The standard InChI is InChI=1S/C18H19N3OS3/c1-4-13-5-7-14(8-6-13)15-10-23-17(20-15)21-16(22)12(3)25-18-19-11(2)9-24-18/h5-10,12H,4H2,1-3H3,(H,20,21,22)/t12-/m1/s1. The van der Waals surface area contributed by atoms with E-state index in [0.29, 0.717) is 5.13 Å². The molecule has 0 saturated heterocycles. The minimum absolute atomic E-state index is 0.0555. The van der Waals surface area contributed by atoms with Gasteiger partial charge in [-0.05, 0) is 25.8 Å². The number of benzene rings is 1. The second-order valence-electron chi connectivity index (χ2n) is 5.59. The molecule has 0 fully saturated rings. The lowest BCUT2D eigenvalue weighted by atomic mass is 10.1. The fourth-order valence-electron chi connectivity index (χ4n) is 2.17. The largest absolute Gasteiger partial charge is 0.301 e. The van der Waals surface area contributed by atoms with E-state index in [0.717, 1.165) is 27.7 Å². The van der Waals surface area contributed by atoms with Gasteiger partial charge in [-0.15, -0.1) is 22.7 Å². The number of amides is 1. The molecule has 0 aliphatic carbocycles. The second-order valence-corrected chi connectivity index (χ2v) is 8.90. The molecule has 3 rings (SSSR count). The van der Waals surface area contributed by atoms with Crippen molar-refractivity contribution >= 4 is 45.5 Å². The molecule has 1 N–H and O–H groups in total. The average molecular weight is 390 g/mol. The minimum Gasteiger partial charge on any atom is -0.301 e. The number of aromatic nitrogens is 2. The molecule has 25 heavy (non-hydrogen) atoms. The molecule has 0 saturated carbocycles. The molecule has 1 atom stereocenters. The maximum Gasteiger partial charge on any atom is 0.239 e. The molecule has 0 spiro atoms. The van der Waals surface area contributed by atoms with Gasteiger partial charge in [0.2, 0.25) is 5.91 Å². The van der Waals surface area contributed by atoms with Crippen molar-refractivity contribution in [2.45, 2.75) is 36.8 Å². The zero-order valence-corrected chi connectivity index (χ0v) is 16.7. The Hall–Kier alpha value is -1.70. The van der Waals surface area contributed by atoms with Crippen LogP contribution in [0.25, 0.3) is 11.3 Å². The predicted octanol–water partition coefficient (Wildman–Crippen LogP) is 5.26. The minimum atomic E-state index is -0.221. The first kappa shape index (κ1) is 18.1. The number of nitrogens with one attached hydrogen (secondary N) is 1. The molecule has 0 unspecified atom stereocenters. The normalized spacial score (nSPS) is 12.1. The van der Waals surface area contributed by atoms with Gasteiger partial charge in [0, 0.05) is 22.0 Å². The van der Waals surface area contributed by atoms with E-state index in [1.165, 1.54) is 28.7 Å². The van der Waals surface area contributed by atoms with Crippen molar-refractivity contribution in [2.75, 3.05) is 5.32 Å². The summed E-state index contributed by atoms with van der Waals surface area (Å²) in [5.74, 6) is -0.0555. The third-order valence-electron chi connectivity index (χ3n) is 3.64. The highest BCUT2D eigenvalue weighted by Crippen LogP contribution is 2.29. The van der Waals surface area contributed by atoms with Crippen molar-refractivity contribution in [3.8, 4) is 11.3 Å². The summed E-state index contributed by atoms with van der Waals surface area (Å²) in [5.41, 5.74) is 4.24. The van der Waals surface area contributed by atoms with Crippen LogP contribution in [0.4, 0.5) is 5.13 Å². The van der Waals surface area contributed by atoms with Crippen molar-refractivity contribution in [3.05, 3.63) is 46.3 Å². The number of anilines is 1. The zero-order chi connectivity index (χ0) is 17.8. The topological polar surface area (TPSA) is 54.9 Å². The van der Waals surface area contributed by atoms with Gasteiger partial charge in [-0.1, -0.05) is 43.0 Å². The lowest BCUT2D eigenvalue weighted by Gasteiger charge is -2.08. The van der Waals surface area contributed by atoms with Crippen molar-refractivity contribution in [3.63, 3.8) is 0 Å². The Bertz CT molecular complexity index is 855. The fraction of sp³-hybridized carbons (Fsp3) is 0.278. The van der Waals surface area contributed by atoms with Crippen LogP contribution in [0.1, 0.15) is 25.1 Å². The lowest BCUT2D eigenvalue weighted by molar-refractivity contribution is -0.115. The smallest absolute Gasteiger partial charge is 0.239 e. The Morgan fingerprint density at radius 2 is 1.96 bits per heavy atom. The molecular formula is C18H19N3OS3. The van der Waals surface area contributed by atoms with E-state index in [1.807, 2.05) is 24.6 Å². The Morgan fingerprint density at radius 3 is 2.60 bits per heavy atom. The summed E-state index contributed by atoms with van der Waals surface area (Å²) in [7, 11) is 0. The van der Waals surface area contributed by atoms with Crippen molar-refractivity contribution < 1.29 is 4.79 Å². The number of aryl methyl sites for hydroxylation is 2. The van der Waals surface area contributed by atoms with Crippen LogP contribution < -0.4 is 5.32 Å². The fourth-order valence-corrected chi connectivity index (χ4v) is 4.88. The summed E-state index contributed by atoms with van der Waals surface area (Å²) in [6.45, 7) is 5.97. The number of hydrogen-bond donors (Lipinski definition) is 1. The van der Waals surface area contributed by atoms with Gasteiger partial charge in [-0.2, -0.15) is 0 Å². The summed E-state index contributed by atoms with van der Waals surface area (Å²) in [5, 5.41) is 7.27. The first-order chi connectivity index (χ1) is 12.0. The highest BCUT2D eigenvalue weighted by atomic mass is 32.2. The molecule has 1 amide bonds.